The van der Waals surface area contributed by atoms with Gasteiger partial charge in [0.05, 0.1) is 26.2 Å². The van der Waals surface area contributed by atoms with Crippen LogP contribution in [0.15, 0.2) is 0 Å². The van der Waals surface area contributed by atoms with Gasteiger partial charge in [-0.1, -0.05) is 0 Å². The second kappa shape index (κ2) is 13.0. The molecule has 0 saturated carbocycles. The normalized spacial score (nSPS) is 11.2. The highest BCUT2D eigenvalue weighted by Gasteiger charge is 2.17. The van der Waals surface area contributed by atoms with Gasteiger partial charge in [-0.15, -0.1) is 0 Å². The Labute approximate surface area is 150 Å². The Morgan fingerprint density at radius 3 is 1.04 bits per heavy atom. The minimum Gasteiger partial charge on any atom is -0.480 e. The Morgan fingerprint density at radius 1 is 0.538 bits per heavy atom. The molecule has 0 aliphatic heterocycles. The van der Waals surface area contributed by atoms with E-state index in [9.17, 15) is 19.2 Å². The van der Waals surface area contributed by atoms with Crippen molar-refractivity contribution in [2.75, 3.05) is 65.4 Å². The molecule has 150 valence electrons. The van der Waals surface area contributed by atoms with Crippen molar-refractivity contribution in [3.05, 3.63) is 0 Å². The predicted molar refractivity (Wildman–Crippen MR) is 88.9 cm³/mol. The smallest absolute Gasteiger partial charge is 0.317 e. The molecule has 0 aromatic carbocycles. The number of hydrogen-bond acceptors (Lipinski definition) is 8. The van der Waals surface area contributed by atoms with Gasteiger partial charge < -0.3 is 26.2 Å². The highest BCUT2D eigenvalue weighted by Crippen LogP contribution is 1.96. The summed E-state index contributed by atoms with van der Waals surface area (Å²) in [6.45, 7) is -0.0399. The van der Waals surface area contributed by atoms with Gasteiger partial charge >= 0.3 is 23.9 Å². The van der Waals surface area contributed by atoms with E-state index < -0.39 is 50.1 Å². The monoisotopic (exact) mass is 378 g/mol. The highest BCUT2D eigenvalue weighted by atomic mass is 16.4. The lowest BCUT2D eigenvalue weighted by molar-refractivity contribution is -0.143. The molecule has 0 saturated heterocycles. The van der Waals surface area contributed by atoms with Gasteiger partial charge in [-0.25, -0.2) is 0 Å². The van der Waals surface area contributed by atoms with Crippen LogP contribution in [0.4, 0.5) is 0 Å². The number of rotatable bonds is 16. The molecule has 0 atom stereocenters. The summed E-state index contributed by atoms with van der Waals surface area (Å²) in [6, 6.07) is 0. The Hall–Kier alpha value is -2.28. The Morgan fingerprint density at radius 2 is 0.808 bits per heavy atom. The molecule has 0 aromatic rings. The van der Waals surface area contributed by atoms with E-state index in [1.807, 2.05) is 0 Å². The summed E-state index contributed by atoms with van der Waals surface area (Å²) in [5.41, 5.74) is 5.52. The molecule has 0 aliphatic carbocycles. The van der Waals surface area contributed by atoms with E-state index in [4.69, 9.17) is 26.2 Å². The molecule has 0 aromatic heterocycles. The molecule has 0 fully saturated rings. The van der Waals surface area contributed by atoms with Gasteiger partial charge in [0.25, 0.3) is 0 Å². The molecule has 26 heavy (non-hydrogen) atoms. The van der Waals surface area contributed by atoms with E-state index in [1.165, 1.54) is 9.80 Å². The van der Waals surface area contributed by atoms with Crippen LogP contribution in [0.3, 0.4) is 0 Å². The second-order valence-electron chi connectivity index (χ2n) is 5.63. The molecular formula is C14H26N4O8. The first kappa shape index (κ1) is 23.7. The second-order valence-corrected chi connectivity index (χ2v) is 5.63. The van der Waals surface area contributed by atoms with Crippen molar-refractivity contribution in [1.29, 1.82) is 0 Å². The van der Waals surface area contributed by atoms with Crippen LogP contribution in [-0.4, -0.2) is 124 Å². The number of carboxylic acid groups (broad SMARTS) is 4. The minimum absolute atomic E-state index is 0.163. The van der Waals surface area contributed by atoms with Gasteiger partial charge in [-0.3, -0.25) is 33.9 Å². The highest BCUT2D eigenvalue weighted by molar-refractivity contribution is 5.73. The average Bonchev–Trinajstić information content (AvgIpc) is 2.47. The predicted octanol–water partition coefficient (Wildman–Crippen LogP) is -2.81. The maximum absolute atomic E-state index is 10.8. The first-order valence-electron chi connectivity index (χ1n) is 7.88. The number of nitrogens with zero attached hydrogens (tertiary/aromatic N) is 3. The summed E-state index contributed by atoms with van der Waals surface area (Å²) in [4.78, 5) is 47.5. The standard InChI is InChI=1S/C14H26N4O8/c15-1-2-16(3-5-17(7-11(19)20)8-12(21)22)4-6-18(9-13(23)24)10-14(25)26/h1-10,15H2,(H,19,20)(H,21,22)(H,23,24)(H,25,26). The van der Waals surface area contributed by atoms with Gasteiger partial charge in [0.1, 0.15) is 0 Å². The quantitative estimate of drug-likeness (QED) is 0.186. The molecule has 0 radical (unpaired) electrons. The summed E-state index contributed by atoms with van der Waals surface area (Å²) in [5.74, 6) is -4.59. The third kappa shape index (κ3) is 13.1. The van der Waals surface area contributed by atoms with Crippen molar-refractivity contribution in [2.45, 2.75) is 0 Å². The number of hydrogen-bond donors (Lipinski definition) is 5. The molecule has 12 nitrogen and oxygen atoms in total. The first-order chi connectivity index (χ1) is 12.1. The van der Waals surface area contributed by atoms with Crippen LogP contribution in [0.5, 0.6) is 0 Å². The molecule has 0 rings (SSSR count). The summed E-state index contributed by atoms with van der Waals surface area (Å²) < 4.78 is 0. The summed E-state index contributed by atoms with van der Waals surface area (Å²) in [6.07, 6.45) is 0. The number of aliphatic carboxylic acids is 4. The van der Waals surface area contributed by atoms with E-state index in [2.05, 4.69) is 0 Å². The molecule has 12 heteroatoms. The van der Waals surface area contributed by atoms with Gasteiger partial charge in [-0.2, -0.15) is 0 Å². The van der Waals surface area contributed by atoms with Crippen molar-refractivity contribution < 1.29 is 39.6 Å². The van der Waals surface area contributed by atoms with Crippen molar-refractivity contribution in [3.8, 4) is 0 Å². The lowest BCUT2D eigenvalue weighted by atomic mass is 10.3. The summed E-state index contributed by atoms with van der Waals surface area (Å²) in [5, 5.41) is 35.3. The van der Waals surface area contributed by atoms with Crippen LogP contribution >= 0.6 is 0 Å². The van der Waals surface area contributed by atoms with Crippen molar-refractivity contribution in [3.63, 3.8) is 0 Å². The SMILES string of the molecule is NCCN(CCN(CC(=O)O)CC(=O)O)CCN(CC(=O)O)CC(=O)O. The van der Waals surface area contributed by atoms with Crippen molar-refractivity contribution >= 4 is 23.9 Å². The maximum atomic E-state index is 10.8. The van der Waals surface area contributed by atoms with Crippen LogP contribution in [0, 0.1) is 0 Å². The molecule has 0 unspecified atom stereocenters. The third-order valence-electron chi connectivity index (χ3n) is 3.35. The van der Waals surface area contributed by atoms with E-state index in [1.54, 1.807) is 4.90 Å². The Balaban J connectivity index is 4.67. The molecular weight excluding hydrogens is 352 g/mol. The minimum atomic E-state index is -1.15. The van der Waals surface area contributed by atoms with Crippen molar-refractivity contribution in [2.24, 2.45) is 5.73 Å². The van der Waals surface area contributed by atoms with Gasteiger partial charge in [0.15, 0.2) is 0 Å². The zero-order chi connectivity index (χ0) is 20.1. The molecule has 0 heterocycles. The topological polar surface area (TPSA) is 185 Å². The first-order valence-corrected chi connectivity index (χ1v) is 7.88. The summed E-state index contributed by atoms with van der Waals surface area (Å²) in [7, 11) is 0. The lowest BCUT2D eigenvalue weighted by Gasteiger charge is -2.28. The number of carboxylic acids is 4. The Bertz CT molecular complexity index is 416. The maximum Gasteiger partial charge on any atom is 0.317 e. The van der Waals surface area contributed by atoms with Gasteiger partial charge in [-0.05, 0) is 0 Å². The molecule has 0 amide bonds. The molecule has 0 bridgehead atoms. The lowest BCUT2D eigenvalue weighted by Crippen LogP contribution is -2.45. The zero-order valence-electron chi connectivity index (χ0n) is 14.4. The van der Waals surface area contributed by atoms with E-state index in [0.29, 0.717) is 19.6 Å². The van der Waals surface area contributed by atoms with Gasteiger partial charge in [0, 0.05) is 39.3 Å². The largest absolute Gasteiger partial charge is 0.480 e. The molecule has 0 spiro atoms. The van der Waals surface area contributed by atoms with E-state index in [0.717, 1.165) is 0 Å². The van der Waals surface area contributed by atoms with Crippen LogP contribution in [-0.2, 0) is 19.2 Å². The van der Waals surface area contributed by atoms with Crippen LogP contribution in [0.1, 0.15) is 0 Å². The van der Waals surface area contributed by atoms with E-state index >= 15 is 0 Å². The fraction of sp³-hybridized carbons (Fsp3) is 0.714. The van der Waals surface area contributed by atoms with Crippen LogP contribution in [0.25, 0.3) is 0 Å². The fourth-order valence-corrected chi connectivity index (χ4v) is 2.28. The van der Waals surface area contributed by atoms with Gasteiger partial charge in [0.2, 0.25) is 0 Å². The Kier molecular flexibility index (Phi) is 11.9. The van der Waals surface area contributed by atoms with Crippen LogP contribution < -0.4 is 5.73 Å². The number of carbonyl (C=O) groups is 4. The zero-order valence-corrected chi connectivity index (χ0v) is 14.4. The third-order valence-corrected chi connectivity index (χ3v) is 3.35. The van der Waals surface area contributed by atoms with Crippen molar-refractivity contribution in [1.82, 2.24) is 14.7 Å². The van der Waals surface area contributed by atoms with E-state index in [-0.39, 0.29) is 19.6 Å². The summed E-state index contributed by atoms with van der Waals surface area (Å²) >= 11 is 0. The fourth-order valence-electron chi connectivity index (χ4n) is 2.28. The van der Waals surface area contributed by atoms with Crippen LogP contribution in [0.2, 0.25) is 0 Å². The number of nitrogens with two attached hydrogens (primary N) is 1. The average molecular weight is 378 g/mol. The molecule has 0 aliphatic rings. The molecule has 6 N–H and O–H groups in total.